The lowest BCUT2D eigenvalue weighted by molar-refractivity contribution is -0.126. The van der Waals surface area contributed by atoms with Crippen molar-refractivity contribution in [2.45, 2.75) is 31.0 Å². The highest BCUT2D eigenvalue weighted by Gasteiger charge is 2.49. The van der Waals surface area contributed by atoms with Gasteiger partial charge in [-0.15, -0.1) is 6.42 Å². The summed E-state index contributed by atoms with van der Waals surface area (Å²) in [6.45, 7) is 2.87. The van der Waals surface area contributed by atoms with Crippen LogP contribution in [0.15, 0.2) is 72.0 Å². The highest BCUT2D eigenvalue weighted by Crippen LogP contribution is 2.41. The molecule has 51 heavy (non-hydrogen) atoms. The number of fused-ring (bicyclic) bond motifs is 3. The number of benzene rings is 2. The number of amides is 1. The van der Waals surface area contributed by atoms with Gasteiger partial charge >= 0.3 is 6.01 Å². The first-order chi connectivity index (χ1) is 24.8. The van der Waals surface area contributed by atoms with E-state index < -0.39 is 17.5 Å². The van der Waals surface area contributed by atoms with E-state index >= 15 is 4.39 Å². The van der Waals surface area contributed by atoms with E-state index in [1.807, 2.05) is 41.3 Å². The maximum atomic E-state index is 16.9. The van der Waals surface area contributed by atoms with Gasteiger partial charge in [0.15, 0.2) is 5.82 Å². The molecule has 9 nitrogen and oxygen atoms in total. The first-order valence-electron chi connectivity index (χ1n) is 17.0. The summed E-state index contributed by atoms with van der Waals surface area (Å²) in [5.41, 5.74) is 1.47. The summed E-state index contributed by atoms with van der Waals surface area (Å²) in [7, 11) is 0. The molecule has 2 atom stereocenters. The second-order valence-corrected chi connectivity index (χ2v) is 13.7. The molecular weight excluding hydrogens is 672 g/mol. The summed E-state index contributed by atoms with van der Waals surface area (Å²) in [6.07, 6.45) is 11.8. The molecule has 3 saturated heterocycles. The molecule has 1 amide bonds. The monoisotopic (exact) mass is 705 g/mol. The van der Waals surface area contributed by atoms with Crippen molar-refractivity contribution in [1.82, 2.24) is 29.7 Å². The van der Waals surface area contributed by atoms with Crippen LogP contribution in [0.2, 0.25) is 0 Å². The van der Waals surface area contributed by atoms with Crippen molar-refractivity contribution in [1.29, 1.82) is 0 Å². The molecule has 0 unspecified atom stereocenters. The SMILES string of the molecule is C#Cc1cccc2cccc(-c3ncc4c(N5CCN(C(=O)/C(Cl)=C/c6ccccn6)CC5)nc(OC[C@@]56CCCN5C[C@H](F)C6)nc4c3F)c12. The van der Waals surface area contributed by atoms with Crippen molar-refractivity contribution in [3.63, 3.8) is 0 Å². The van der Waals surface area contributed by atoms with E-state index in [2.05, 4.69) is 25.8 Å². The Morgan fingerprint density at radius 1 is 1.06 bits per heavy atom. The number of hydrogen-bond acceptors (Lipinski definition) is 8. The molecule has 0 bridgehead atoms. The van der Waals surface area contributed by atoms with Gasteiger partial charge in [-0.2, -0.15) is 9.97 Å². The standard InChI is InChI=1S/C39H34ClF2N7O2/c1-2-25-8-5-9-26-10-6-12-29(32(25)26)34-33(42)35-30(22-44-34)36(46-38(45-35)51-24-39-13-7-15-49(39)23-27(41)21-39)47-16-18-48(19-17-47)37(50)31(40)20-28-11-3-4-14-43-28/h1,3-6,8-12,14,20,22,27H,7,13,15-19,21,23-24H2/b31-20-/t27-,39+/m1/s1. The average Bonchev–Trinajstić information content (AvgIpc) is 3.69. The molecule has 3 aliphatic rings. The maximum absolute atomic E-state index is 16.9. The number of alkyl halides is 1. The van der Waals surface area contributed by atoms with Gasteiger partial charge in [0, 0.05) is 68.1 Å². The van der Waals surface area contributed by atoms with Gasteiger partial charge in [0.05, 0.1) is 16.6 Å². The zero-order valence-electron chi connectivity index (χ0n) is 27.7. The number of terminal acetylenes is 1. The van der Waals surface area contributed by atoms with E-state index in [0.717, 1.165) is 30.2 Å². The third-order valence-corrected chi connectivity index (χ3v) is 10.5. The van der Waals surface area contributed by atoms with Crippen LogP contribution in [0.25, 0.3) is 39.0 Å². The lowest BCUT2D eigenvalue weighted by Gasteiger charge is -2.36. The number of ether oxygens (including phenoxy) is 1. The summed E-state index contributed by atoms with van der Waals surface area (Å²) in [6, 6.07) is 16.6. The summed E-state index contributed by atoms with van der Waals surface area (Å²) >= 11 is 6.42. The largest absolute Gasteiger partial charge is 0.461 e. The van der Waals surface area contributed by atoms with Crippen molar-refractivity contribution < 1.29 is 18.3 Å². The summed E-state index contributed by atoms with van der Waals surface area (Å²) in [5, 5.41) is 2.05. The maximum Gasteiger partial charge on any atom is 0.319 e. The van der Waals surface area contributed by atoms with Gasteiger partial charge < -0.3 is 14.5 Å². The molecule has 8 rings (SSSR count). The van der Waals surface area contributed by atoms with Crippen molar-refractivity contribution in [3.8, 4) is 29.6 Å². The second kappa shape index (κ2) is 13.5. The lowest BCUT2D eigenvalue weighted by atomic mass is 9.95. The van der Waals surface area contributed by atoms with Crippen LogP contribution in [0.4, 0.5) is 14.6 Å². The molecule has 3 fully saturated rings. The van der Waals surface area contributed by atoms with Crippen LogP contribution in [-0.4, -0.2) is 93.2 Å². The zero-order chi connectivity index (χ0) is 35.1. The number of halogens is 3. The Balaban J connectivity index is 1.15. The van der Waals surface area contributed by atoms with Crippen molar-refractivity contribution >= 4 is 51.1 Å². The minimum Gasteiger partial charge on any atom is -0.461 e. The summed E-state index contributed by atoms with van der Waals surface area (Å²) in [5.74, 6) is 2.22. The molecule has 6 heterocycles. The smallest absolute Gasteiger partial charge is 0.319 e. The topological polar surface area (TPSA) is 87.6 Å². The Bertz CT molecular complexity index is 2220. The number of rotatable bonds is 7. The van der Waals surface area contributed by atoms with Crippen molar-refractivity contribution in [3.05, 3.63) is 89.1 Å². The Hall–Kier alpha value is -5.18. The van der Waals surface area contributed by atoms with Gasteiger partial charge in [-0.1, -0.05) is 53.9 Å². The van der Waals surface area contributed by atoms with E-state index in [1.54, 1.807) is 41.6 Å². The normalized spacial score (nSPS) is 20.9. The van der Waals surface area contributed by atoms with Gasteiger partial charge in [0.2, 0.25) is 0 Å². The van der Waals surface area contributed by atoms with E-state index in [0.29, 0.717) is 67.2 Å². The van der Waals surface area contributed by atoms with E-state index in [4.69, 9.17) is 27.7 Å². The third kappa shape index (κ3) is 6.13. The molecule has 0 spiro atoms. The molecule has 0 radical (unpaired) electrons. The third-order valence-electron chi connectivity index (χ3n) is 10.2. The second-order valence-electron chi connectivity index (χ2n) is 13.3. The van der Waals surface area contributed by atoms with Crippen LogP contribution < -0.4 is 9.64 Å². The molecule has 5 aromatic rings. The number of nitrogens with zero attached hydrogens (tertiary/aromatic N) is 7. The molecule has 0 aliphatic carbocycles. The molecule has 12 heteroatoms. The highest BCUT2D eigenvalue weighted by molar-refractivity contribution is 6.44. The molecular formula is C39H34ClF2N7O2. The predicted molar refractivity (Wildman–Crippen MR) is 194 cm³/mol. The molecule has 0 N–H and O–H groups in total. The van der Waals surface area contributed by atoms with E-state index in [-0.39, 0.29) is 34.8 Å². The molecule has 3 aliphatic heterocycles. The zero-order valence-corrected chi connectivity index (χ0v) is 28.5. The Morgan fingerprint density at radius 3 is 2.67 bits per heavy atom. The fraction of sp³-hybridized carbons (Fsp3) is 0.308. The van der Waals surface area contributed by atoms with E-state index in [1.165, 1.54) is 0 Å². The fourth-order valence-corrected chi connectivity index (χ4v) is 7.98. The highest BCUT2D eigenvalue weighted by atomic mass is 35.5. The van der Waals surface area contributed by atoms with Gasteiger partial charge in [-0.05, 0) is 49.0 Å². The van der Waals surface area contributed by atoms with Crippen LogP contribution >= 0.6 is 11.6 Å². The number of aromatic nitrogens is 4. The van der Waals surface area contributed by atoms with Crippen LogP contribution in [0.1, 0.15) is 30.5 Å². The number of hydrogen-bond donors (Lipinski definition) is 0. The van der Waals surface area contributed by atoms with Crippen LogP contribution in [0.3, 0.4) is 0 Å². The first kappa shape index (κ1) is 33.0. The molecule has 2 aromatic carbocycles. The van der Waals surface area contributed by atoms with Crippen LogP contribution in [-0.2, 0) is 4.79 Å². The quantitative estimate of drug-likeness (QED) is 0.145. The van der Waals surface area contributed by atoms with Crippen LogP contribution in [0.5, 0.6) is 6.01 Å². The summed E-state index contributed by atoms with van der Waals surface area (Å²) < 4.78 is 37.7. The number of pyridine rings is 2. The molecule has 0 saturated carbocycles. The lowest BCUT2D eigenvalue weighted by Crippen LogP contribution is -2.49. The number of piperazine rings is 1. The van der Waals surface area contributed by atoms with Gasteiger partial charge in [0.25, 0.3) is 5.91 Å². The van der Waals surface area contributed by atoms with Crippen molar-refractivity contribution in [2.24, 2.45) is 0 Å². The van der Waals surface area contributed by atoms with Gasteiger partial charge in [-0.3, -0.25) is 19.7 Å². The fourth-order valence-electron chi connectivity index (χ4n) is 7.75. The Kier molecular flexibility index (Phi) is 8.74. The molecule has 3 aromatic heterocycles. The average molecular weight is 706 g/mol. The Morgan fingerprint density at radius 2 is 1.88 bits per heavy atom. The van der Waals surface area contributed by atoms with E-state index in [9.17, 15) is 9.18 Å². The molecule has 258 valence electrons. The van der Waals surface area contributed by atoms with Gasteiger partial charge in [0.1, 0.15) is 34.8 Å². The predicted octanol–water partition coefficient (Wildman–Crippen LogP) is 6.24. The van der Waals surface area contributed by atoms with Crippen LogP contribution in [0, 0.1) is 18.2 Å². The summed E-state index contributed by atoms with van der Waals surface area (Å²) in [4.78, 5) is 37.3. The number of anilines is 1. The minimum atomic E-state index is -0.923. The minimum absolute atomic E-state index is 0.000776. The Labute approximate surface area is 298 Å². The van der Waals surface area contributed by atoms with Crippen molar-refractivity contribution in [2.75, 3.05) is 50.8 Å². The van der Waals surface area contributed by atoms with Gasteiger partial charge in [-0.25, -0.2) is 8.78 Å². The number of carbonyl (C=O) groups is 1. The first-order valence-corrected chi connectivity index (χ1v) is 17.4. The number of carbonyl (C=O) groups excluding carboxylic acids is 1.